The van der Waals surface area contributed by atoms with Gasteiger partial charge in [-0.15, -0.1) is 0 Å². The van der Waals surface area contributed by atoms with Crippen LogP contribution < -0.4 is 0 Å². The molecule has 0 radical (unpaired) electrons. The van der Waals surface area contributed by atoms with E-state index in [1.54, 1.807) is 12.1 Å². The average Bonchev–Trinajstić information content (AvgIpc) is 2.80. The summed E-state index contributed by atoms with van der Waals surface area (Å²) in [4.78, 5) is 10.7. The summed E-state index contributed by atoms with van der Waals surface area (Å²) < 4.78 is 12.9. The Morgan fingerprint density at radius 1 is 1.64 bits per heavy atom. The van der Waals surface area contributed by atoms with Crippen LogP contribution in [0.3, 0.4) is 0 Å². The van der Waals surface area contributed by atoms with Crippen molar-refractivity contribution in [3.8, 4) is 0 Å². The average molecular weight is 194 g/mol. The number of benzene rings is 1. The molecule has 1 N–H and O–H groups in total. The highest BCUT2D eigenvalue weighted by Gasteiger charge is 2.55. The summed E-state index contributed by atoms with van der Waals surface area (Å²) in [6, 6.07) is 6.19. The molecule has 3 heteroatoms. The third-order valence-electron chi connectivity index (χ3n) is 3.02. The van der Waals surface area contributed by atoms with Gasteiger partial charge in [0.2, 0.25) is 0 Å². The fraction of sp³-hybridized carbons (Fsp3) is 0.364. The monoisotopic (exact) mass is 194 g/mol. The first-order valence-electron chi connectivity index (χ1n) is 4.53. The van der Waals surface area contributed by atoms with Crippen LogP contribution >= 0.6 is 0 Å². The van der Waals surface area contributed by atoms with Crippen molar-refractivity contribution in [2.75, 3.05) is 0 Å². The van der Waals surface area contributed by atoms with E-state index < -0.39 is 5.97 Å². The van der Waals surface area contributed by atoms with Crippen molar-refractivity contribution in [1.29, 1.82) is 0 Å². The van der Waals surface area contributed by atoms with Crippen LogP contribution in [0, 0.1) is 11.7 Å². The molecule has 14 heavy (non-hydrogen) atoms. The van der Waals surface area contributed by atoms with Gasteiger partial charge in [0, 0.05) is 5.41 Å². The van der Waals surface area contributed by atoms with Crippen molar-refractivity contribution in [3.05, 3.63) is 35.6 Å². The third kappa shape index (κ3) is 1.29. The first-order chi connectivity index (χ1) is 6.54. The fourth-order valence-electron chi connectivity index (χ4n) is 1.89. The van der Waals surface area contributed by atoms with E-state index in [-0.39, 0.29) is 17.2 Å². The lowest BCUT2D eigenvalue weighted by Gasteiger charge is -2.09. The SMILES string of the molecule is C[C@]1(c2cccc(F)c2)C[C@@H]1C(=O)O. The maximum atomic E-state index is 12.9. The Balaban J connectivity index is 2.30. The molecule has 2 atom stereocenters. The van der Waals surface area contributed by atoms with Crippen LogP contribution in [0.5, 0.6) is 0 Å². The lowest BCUT2D eigenvalue weighted by Crippen LogP contribution is -2.11. The third-order valence-corrected chi connectivity index (χ3v) is 3.02. The van der Waals surface area contributed by atoms with E-state index in [4.69, 9.17) is 5.11 Å². The number of halogens is 1. The molecule has 1 aromatic carbocycles. The molecule has 0 aliphatic heterocycles. The van der Waals surface area contributed by atoms with Crippen LogP contribution in [0.15, 0.2) is 24.3 Å². The largest absolute Gasteiger partial charge is 0.481 e. The van der Waals surface area contributed by atoms with Crippen LogP contribution in [0.1, 0.15) is 18.9 Å². The number of hydrogen-bond acceptors (Lipinski definition) is 1. The molecule has 0 heterocycles. The molecule has 74 valence electrons. The fourth-order valence-corrected chi connectivity index (χ4v) is 1.89. The minimum Gasteiger partial charge on any atom is -0.481 e. The zero-order chi connectivity index (χ0) is 10.3. The van der Waals surface area contributed by atoms with Crippen molar-refractivity contribution in [1.82, 2.24) is 0 Å². The van der Waals surface area contributed by atoms with Gasteiger partial charge in [-0.1, -0.05) is 19.1 Å². The Hall–Kier alpha value is -1.38. The summed E-state index contributed by atoms with van der Waals surface area (Å²) >= 11 is 0. The van der Waals surface area contributed by atoms with Crippen LogP contribution in [0.4, 0.5) is 4.39 Å². The number of aliphatic carboxylic acids is 1. The van der Waals surface area contributed by atoms with Crippen molar-refractivity contribution in [3.63, 3.8) is 0 Å². The molecule has 1 fully saturated rings. The highest BCUT2D eigenvalue weighted by atomic mass is 19.1. The molecular weight excluding hydrogens is 183 g/mol. The summed E-state index contributed by atoms with van der Waals surface area (Å²) in [6.45, 7) is 1.86. The highest BCUT2D eigenvalue weighted by molar-refractivity contribution is 5.77. The van der Waals surface area contributed by atoms with Gasteiger partial charge >= 0.3 is 5.97 Å². The second-order valence-corrected chi connectivity index (χ2v) is 4.02. The lowest BCUT2D eigenvalue weighted by atomic mass is 9.95. The quantitative estimate of drug-likeness (QED) is 0.783. The van der Waals surface area contributed by atoms with E-state index in [1.165, 1.54) is 12.1 Å². The molecule has 0 spiro atoms. The molecule has 1 aromatic rings. The number of carbonyl (C=O) groups is 1. The predicted octanol–water partition coefficient (Wildman–Crippen LogP) is 2.19. The zero-order valence-electron chi connectivity index (χ0n) is 7.83. The van der Waals surface area contributed by atoms with Crippen LogP contribution in [0.25, 0.3) is 0 Å². The number of rotatable bonds is 2. The zero-order valence-corrected chi connectivity index (χ0v) is 7.83. The maximum absolute atomic E-state index is 12.9. The van der Waals surface area contributed by atoms with E-state index in [0.717, 1.165) is 5.56 Å². The van der Waals surface area contributed by atoms with E-state index in [2.05, 4.69) is 0 Å². The van der Waals surface area contributed by atoms with Gasteiger partial charge in [0.25, 0.3) is 0 Å². The highest BCUT2D eigenvalue weighted by Crippen LogP contribution is 2.53. The molecule has 0 amide bonds. The maximum Gasteiger partial charge on any atom is 0.307 e. The second kappa shape index (κ2) is 2.80. The molecule has 1 aliphatic rings. The summed E-state index contributed by atoms with van der Waals surface area (Å²) in [5.74, 6) is -1.46. The molecule has 0 saturated heterocycles. The first-order valence-corrected chi connectivity index (χ1v) is 4.53. The van der Waals surface area contributed by atoms with Crippen LogP contribution in [-0.2, 0) is 10.2 Å². The Morgan fingerprint density at radius 3 is 2.86 bits per heavy atom. The van der Waals surface area contributed by atoms with E-state index >= 15 is 0 Å². The molecule has 0 unspecified atom stereocenters. The summed E-state index contributed by atoms with van der Waals surface area (Å²) in [5, 5.41) is 8.83. The van der Waals surface area contributed by atoms with Gasteiger partial charge in [0.1, 0.15) is 5.82 Å². The molecule has 1 aliphatic carbocycles. The van der Waals surface area contributed by atoms with Crippen molar-refractivity contribution in [2.24, 2.45) is 5.92 Å². The smallest absolute Gasteiger partial charge is 0.307 e. The normalized spacial score (nSPS) is 30.0. The molecule has 1 saturated carbocycles. The van der Waals surface area contributed by atoms with Crippen LogP contribution in [-0.4, -0.2) is 11.1 Å². The Bertz CT molecular complexity index is 389. The summed E-state index contributed by atoms with van der Waals surface area (Å²) in [6.07, 6.45) is 0.603. The Morgan fingerprint density at radius 2 is 2.36 bits per heavy atom. The second-order valence-electron chi connectivity index (χ2n) is 4.02. The van der Waals surface area contributed by atoms with Crippen molar-refractivity contribution >= 4 is 5.97 Å². The topological polar surface area (TPSA) is 37.3 Å². The minimum atomic E-state index is -0.795. The van der Waals surface area contributed by atoms with Crippen molar-refractivity contribution < 1.29 is 14.3 Å². The van der Waals surface area contributed by atoms with E-state index in [0.29, 0.717) is 6.42 Å². The van der Waals surface area contributed by atoms with Gasteiger partial charge in [-0.05, 0) is 24.1 Å². The summed E-state index contributed by atoms with van der Waals surface area (Å²) in [5.41, 5.74) is 0.415. The van der Waals surface area contributed by atoms with Gasteiger partial charge in [-0.2, -0.15) is 0 Å². The first kappa shape index (κ1) is 9.19. The van der Waals surface area contributed by atoms with Crippen LogP contribution in [0.2, 0.25) is 0 Å². The lowest BCUT2D eigenvalue weighted by molar-refractivity contribution is -0.138. The molecular formula is C11H11FO2. The molecule has 2 rings (SSSR count). The summed E-state index contributed by atoms with van der Waals surface area (Å²) in [7, 11) is 0. The van der Waals surface area contributed by atoms with Gasteiger partial charge in [0.05, 0.1) is 5.92 Å². The minimum absolute atomic E-state index is 0.306. The molecule has 0 aromatic heterocycles. The van der Waals surface area contributed by atoms with Crippen molar-refractivity contribution in [2.45, 2.75) is 18.8 Å². The van der Waals surface area contributed by atoms with E-state index in [9.17, 15) is 9.18 Å². The number of carboxylic acids is 1. The van der Waals surface area contributed by atoms with Gasteiger partial charge in [-0.3, -0.25) is 4.79 Å². The molecule has 2 nitrogen and oxygen atoms in total. The van der Waals surface area contributed by atoms with Gasteiger partial charge < -0.3 is 5.11 Å². The Labute approximate surface area is 81.4 Å². The standard InChI is InChI=1S/C11H11FO2/c1-11(6-9(11)10(13)14)7-3-2-4-8(12)5-7/h2-5,9H,6H2,1H3,(H,13,14)/t9-,11-/m1/s1. The van der Waals surface area contributed by atoms with Gasteiger partial charge in [-0.25, -0.2) is 4.39 Å². The Kier molecular flexibility index (Phi) is 1.84. The van der Waals surface area contributed by atoms with Gasteiger partial charge in [0.15, 0.2) is 0 Å². The molecule has 0 bridgehead atoms. The number of hydrogen-bond donors (Lipinski definition) is 1. The number of carboxylic acid groups (broad SMARTS) is 1. The van der Waals surface area contributed by atoms with E-state index in [1.807, 2.05) is 6.92 Å². The predicted molar refractivity (Wildman–Crippen MR) is 49.5 cm³/mol.